The van der Waals surface area contributed by atoms with Crippen LogP contribution in [0.25, 0.3) is 10.9 Å². The van der Waals surface area contributed by atoms with Crippen LogP contribution in [0.15, 0.2) is 63.0 Å². The highest BCUT2D eigenvalue weighted by Gasteiger charge is 2.20. The molecule has 0 saturated heterocycles. The second kappa shape index (κ2) is 7.76. The predicted octanol–water partition coefficient (Wildman–Crippen LogP) is 4.26. The molecular formula is C20H17N7O3S. The van der Waals surface area contributed by atoms with Crippen LogP contribution in [0.1, 0.15) is 5.56 Å². The molecule has 0 spiro atoms. The molecule has 11 heteroatoms. The quantitative estimate of drug-likeness (QED) is 0.452. The molecule has 1 aliphatic rings. The van der Waals surface area contributed by atoms with Gasteiger partial charge < -0.3 is 19.6 Å². The molecule has 0 aliphatic carbocycles. The molecule has 0 unspecified atom stereocenters. The van der Waals surface area contributed by atoms with Gasteiger partial charge in [0.05, 0.1) is 25.4 Å². The minimum Gasteiger partial charge on any atom is -0.497 e. The Balaban J connectivity index is 1.50. The van der Waals surface area contributed by atoms with E-state index in [1.54, 1.807) is 37.1 Å². The molecule has 0 amide bonds. The molecule has 156 valence electrons. The van der Waals surface area contributed by atoms with Crippen molar-refractivity contribution in [3.05, 3.63) is 48.0 Å². The fourth-order valence-electron chi connectivity index (χ4n) is 3.17. The van der Waals surface area contributed by atoms with Crippen molar-refractivity contribution in [2.45, 2.75) is 5.16 Å². The predicted molar refractivity (Wildman–Crippen MR) is 116 cm³/mol. The molecule has 2 aromatic heterocycles. The second-order valence-electron chi connectivity index (χ2n) is 6.59. The van der Waals surface area contributed by atoms with Crippen LogP contribution in [0.5, 0.6) is 17.4 Å². The number of H-pyrrole nitrogens is 1. The summed E-state index contributed by atoms with van der Waals surface area (Å²) in [5, 5.41) is 32.8. The number of nitrogens with zero attached hydrogens (tertiary/aromatic N) is 6. The van der Waals surface area contributed by atoms with Crippen LogP contribution in [0, 0.1) is 0 Å². The zero-order chi connectivity index (χ0) is 21.4. The highest BCUT2D eigenvalue weighted by atomic mass is 32.2. The van der Waals surface area contributed by atoms with Gasteiger partial charge in [-0.1, -0.05) is 11.8 Å². The van der Waals surface area contributed by atoms with Crippen molar-refractivity contribution in [1.29, 1.82) is 0 Å². The van der Waals surface area contributed by atoms with Gasteiger partial charge in [0.25, 0.3) is 5.95 Å². The molecule has 3 heterocycles. The number of aromatic nitrogens is 4. The number of aromatic hydroxyl groups is 1. The van der Waals surface area contributed by atoms with E-state index >= 15 is 0 Å². The Bertz CT molecular complexity index is 1320. The number of benzene rings is 2. The van der Waals surface area contributed by atoms with Crippen LogP contribution in [0.3, 0.4) is 0 Å². The number of nitrogens with one attached hydrogen (secondary N) is 1. The van der Waals surface area contributed by atoms with Crippen molar-refractivity contribution in [2.24, 2.45) is 15.3 Å². The molecule has 2 aromatic carbocycles. The Kier molecular flexibility index (Phi) is 4.79. The van der Waals surface area contributed by atoms with E-state index in [1.807, 2.05) is 24.3 Å². The van der Waals surface area contributed by atoms with E-state index in [2.05, 4.69) is 30.5 Å². The Hall–Kier alpha value is -3.86. The number of azo groups is 1. The zero-order valence-electron chi connectivity index (χ0n) is 16.6. The molecule has 2 N–H and O–H groups in total. The maximum atomic E-state index is 10.3. The lowest BCUT2D eigenvalue weighted by Crippen LogP contribution is -2.12. The number of hydrogen-bond donors (Lipinski definition) is 2. The summed E-state index contributed by atoms with van der Waals surface area (Å²) in [7, 11) is 3.21. The Morgan fingerprint density at radius 2 is 1.81 bits per heavy atom. The second-order valence-corrected chi connectivity index (χ2v) is 7.53. The van der Waals surface area contributed by atoms with E-state index in [1.165, 1.54) is 11.8 Å². The smallest absolute Gasteiger partial charge is 0.291 e. The Labute approximate surface area is 180 Å². The fourth-order valence-corrected chi connectivity index (χ4v) is 4.00. The number of rotatable bonds is 5. The number of hydrogen-bond acceptors (Lipinski definition) is 9. The molecule has 0 saturated carbocycles. The maximum Gasteiger partial charge on any atom is 0.291 e. The summed E-state index contributed by atoms with van der Waals surface area (Å²) in [6.07, 6.45) is 0. The lowest BCUT2D eigenvalue weighted by molar-refractivity contribution is 0.415. The third-order valence-electron chi connectivity index (χ3n) is 4.78. The summed E-state index contributed by atoms with van der Waals surface area (Å²) in [6, 6.07) is 13.0. The normalized spacial score (nSPS) is 13.4. The van der Waals surface area contributed by atoms with E-state index in [0.717, 1.165) is 17.0 Å². The van der Waals surface area contributed by atoms with Gasteiger partial charge in [-0.15, -0.1) is 20.4 Å². The van der Waals surface area contributed by atoms with Crippen LogP contribution in [0.2, 0.25) is 0 Å². The largest absolute Gasteiger partial charge is 0.497 e. The van der Waals surface area contributed by atoms with Gasteiger partial charge in [-0.25, -0.2) is 0 Å². The van der Waals surface area contributed by atoms with Crippen LogP contribution >= 0.6 is 11.8 Å². The van der Waals surface area contributed by atoms with Crippen LogP contribution in [-0.4, -0.2) is 50.6 Å². The summed E-state index contributed by atoms with van der Waals surface area (Å²) in [5.74, 6) is 2.20. The lowest BCUT2D eigenvalue weighted by Gasteiger charge is -2.12. The fraction of sp³-hybridized carbons (Fsp3) is 0.150. The maximum absolute atomic E-state index is 10.3. The molecule has 1 aliphatic heterocycles. The first-order valence-electron chi connectivity index (χ1n) is 9.27. The van der Waals surface area contributed by atoms with Crippen molar-refractivity contribution in [2.75, 3.05) is 20.0 Å². The number of aromatic amines is 1. The zero-order valence-corrected chi connectivity index (χ0v) is 17.4. The first kappa shape index (κ1) is 19.1. The van der Waals surface area contributed by atoms with Gasteiger partial charge in [0.15, 0.2) is 5.69 Å². The standard InChI is InChI=1S/C20H17N7O3S/c1-29-12-5-3-11(4-6-12)16-10-31-20-25-24-19(27(20)26-16)23-22-17-14-9-13(30-2)7-8-15(14)21-18(17)28/h3-9,21,28H,10H2,1-2H3. The summed E-state index contributed by atoms with van der Waals surface area (Å²) in [6.45, 7) is 0. The molecule has 0 atom stereocenters. The van der Waals surface area contributed by atoms with Crippen LogP contribution < -0.4 is 9.47 Å². The van der Waals surface area contributed by atoms with Crippen LogP contribution in [-0.2, 0) is 0 Å². The molecule has 0 radical (unpaired) electrons. The number of fused-ring (bicyclic) bond motifs is 2. The first-order valence-corrected chi connectivity index (χ1v) is 10.3. The van der Waals surface area contributed by atoms with Gasteiger partial charge >= 0.3 is 0 Å². The number of thioether (sulfide) groups is 1. The SMILES string of the molecule is COc1ccc(C2=Nn3c(N=Nc4c(O)[nH]c5ccc(OC)cc45)nnc3SC2)cc1. The van der Waals surface area contributed by atoms with Crippen molar-refractivity contribution < 1.29 is 14.6 Å². The third kappa shape index (κ3) is 3.48. The van der Waals surface area contributed by atoms with Gasteiger partial charge in [-0.3, -0.25) is 0 Å². The Morgan fingerprint density at radius 1 is 1.03 bits per heavy atom. The highest BCUT2D eigenvalue weighted by Crippen LogP contribution is 2.38. The summed E-state index contributed by atoms with van der Waals surface area (Å²) >= 11 is 1.51. The summed E-state index contributed by atoms with van der Waals surface area (Å²) < 4.78 is 12.0. The molecule has 5 rings (SSSR count). The van der Waals surface area contributed by atoms with Gasteiger partial charge in [-0.05, 0) is 48.0 Å². The van der Waals surface area contributed by atoms with E-state index in [0.29, 0.717) is 27.6 Å². The molecule has 31 heavy (non-hydrogen) atoms. The van der Waals surface area contributed by atoms with E-state index in [4.69, 9.17) is 9.47 Å². The molecule has 0 fully saturated rings. The van der Waals surface area contributed by atoms with E-state index in [-0.39, 0.29) is 17.5 Å². The molecule has 0 bridgehead atoms. The van der Waals surface area contributed by atoms with Crippen molar-refractivity contribution in [3.63, 3.8) is 0 Å². The van der Waals surface area contributed by atoms with E-state index in [9.17, 15) is 5.11 Å². The highest BCUT2D eigenvalue weighted by molar-refractivity contribution is 7.99. The summed E-state index contributed by atoms with van der Waals surface area (Å²) in [4.78, 5) is 2.87. The molecule has 4 aromatic rings. The minimum absolute atomic E-state index is 0.0952. The molecule has 10 nitrogen and oxygen atoms in total. The topological polar surface area (TPSA) is 122 Å². The van der Waals surface area contributed by atoms with Crippen molar-refractivity contribution in [1.82, 2.24) is 19.9 Å². The third-order valence-corrected chi connectivity index (χ3v) is 5.71. The Morgan fingerprint density at radius 3 is 2.58 bits per heavy atom. The number of methoxy groups -OCH3 is 2. The average molecular weight is 435 g/mol. The first-order chi connectivity index (χ1) is 15.2. The van der Waals surface area contributed by atoms with Crippen LogP contribution in [0.4, 0.5) is 11.6 Å². The summed E-state index contributed by atoms with van der Waals surface area (Å²) in [5.41, 5.74) is 2.83. The number of ether oxygens (including phenoxy) is 2. The molecular weight excluding hydrogens is 418 g/mol. The van der Waals surface area contributed by atoms with Gasteiger partial charge in [0.2, 0.25) is 11.0 Å². The monoisotopic (exact) mass is 435 g/mol. The van der Waals surface area contributed by atoms with Gasteiger partial charge in [0, 0.05) is 11.1 Å². The van der Waals surface area contributed by atoms with Gasteiger partial charge in [0.1, 0.15) is 11.5 Å². The van der Waals surface area contributed by atoms with E-state index < -0.39 is 0 Å². The minimum atomic E-state index is -0.0952. The van der Waals surface area contributed by atoms with Crippen molar-refractivity contribution in [3.8, 4) is 17.4 Å². The average Bonchev–Trinajstić information content (AvgIpc) is 3.36. The van der Waals surface area contributed by atoms with Crippen molar-refractivity contribution >= 4 is 40.0 Å². The lowest BCUT2D eigenvalue weighted by atomic mass is 10.1. The van der Waals surface area contributed by atoms with Gasteiger partial charge in [-0.2, -0.15) is 9.78 Å².